The molecule has 7 nitrogen and oxygen atoms in total. The van der Waals surface area contributed by atoms with Gasteiger partial charge in [0.05, 0.1) is 14.2 Å². The van der Waals surface area contributed by atoms with Crippen LogP contribution < -0.4 is 14.2 Å². The summed E-state index contributed by atoms with van der Waals surface area (Å²) < 4.78 is 34.0. The minimum absolute atomic E-state index is 0.0245. The summed E-state index contributed by atoms with van der Waals surface area (Å²) in [6, 6.07) is 3.81. The number of Topliss-reactive ketones (excluding diaryl/α,β-unsaturated/α-hetero) is 1. The lowest BCUT2D eigenvalue weighted by atomic mass is 9.65. The topological polar surface area (TPSA) is 72.5 Å². The van der Waals surface area contributed by atoms with Gasteiger partial charge in [-0.3, -0.25) is 4.79 Å². The van der Waals surface area contributed by atoms with Crippen molar-refractivity contribution in [3.8, 4) is 17.2 Å². The van der Waals surface area contributed by atoms with Crippen LogP contribution in [0.4, 0.5) is 0 Å². The Morgan fingerprint density at radius 3 is 2.69 bits per heavy atom. The molecule has 4 atom stereocenters. The van der Waals surface area contributed by atoms with Gasteiger partial charge in [0.2, 0.25) is 24.1 Å². The van der Waals surface area contributed by atoms with Gasteiger partial charge in [-0.25, -0.2) is 0 Å². The smallest absolute Gasteiger partial charge is 0.231 e. The van der Waals surface area contributed by atoms with Crippen LogP contribution in [0.15, 0.2) is 36.3 Å². The van der Waals surface area contributed by atoms with Crippen molar-refractivity contribution < 1.29 is 33.2 Å². The van der Waals surface area contributed by atoms with Crippen LogP contribution in [0.3, 0.4) is 0 Å². The molecule has 0 saturated carbocycles. The number of carbonyl (C=O) groups is 1. The molecule has 0 bridgehead atoms. The summed E-state index contributed by atoms with van der Waals surface area (Å²) in [5.74, 6) is 2.43. The third-order valence-corrected chi connectivity index (χ3v) is 6.30. The van der Waals surface area contributed by atoms with Crippen molar-refractivity contribution >= 4 is 5.78 Å². The Bertz CT molecular complexity index is 874. The van der Waals surface area contributed by atoms with Crippen LogP contribution in [-0.4, -0.2) is 40.0 Å². The van der Waals surface area contributed by atoms with E-state index < -0.39 is 11.5 Å². The molecule has 1 saturated heterocycles. The molecule has 0 N–H and O–H groups in total. The summed E-state index contributed by atoms with van der Waals surface area (Å²) in [6.07, 6.45) is 2.11. The standard InChI is InChI=1S/C22H26O7/c1-6-7-22-10-16(25-4)17(23)20(26-5)21(22)29-18(12(22)2)13-8-14(24-3)19-15(9-13)27-11-28-19/h6,8-9,12,16,18H,1,7,10-11H2,2-5H3/t12-,16+,18+,22+/m0/s1. The predicted molar refractivity (Wildman–Crippen MR) is 104 cm³/mol. The van der Waals surface area contributed by atoms with E-state index in [4.69, 9.17) is 28.4 Å². The Morgan fingerprint density at radius 1 is 1.24 bits per heavy atom. The van der Waals surface area contributed by atoms with Crippen LogP contribution in [0.25, 0.3) is 0 Å². The van der Waals surface area contributed by atoms with E-state index in [1.807, 2.05) is 18.2 Å². The zero-order chi connectivity index (χ0) is 20.8. The average molecular weight is 402 g/mol. The molecule has 156 valence electrons. The van der Waals surface area contributed by atoms with E-state index in [0.29, 0.717) is 35.8 Å². The van der Waals surface area contributed by atoms with Crippen molar-refractivity contribution in [2.45, 2.75) is 32.0 Å². The molecule has 0 radical (unpaired) electrons. The molecule has 0 unspecified atom stereocenters. The van der Waals surface area contributed by atoms with Gasteiger partial charge in [-0.1, -0.05) is 13.0 Å². The largest absolute Gasteiger partial charge is 0.493 e. The Kier molecular flexibility index (Phi) is 4.94. The first-order valence-corrected chi connectivity index (χ1v) is 9.61. The number of ketones is 1. The second-order valence-electron chi connectivity index (χ2n) is 7.59. The van der Waals surface area contributed by atoms with Crippen LogP contribution >= 0.6 is 0 Å². The molecule has 0 spiro atoms. The first-order chi connectivity index (χ1) is 14.0. The van der Waals surface area contributed by atoms with Crippen LogP contribution in [0, 0.1) is 11.3 Å². The number of methoxy groups -OCH3 is 3. The fourth-order valence-electron chi connectivity index (χ4n) is 4.76. The van der Waals surface area contributed by atoms with Crippen molar-refractivity contribution in [3.63, 3.8) is 0 Å². The molecule has 4 rings (SSSR count). The summed E-state index contributed by atoms with van der Waals surface area (Å²) >= 11 is 0. The molecule has 1 aliphatic carbocycles. The Hall–Kier alpha value is -2.67. The molecule has 3 aliphatic rings. The van der Waals surface area contributed by atoms with E-state index in [-0.39, 0.29) is 30.4 Å². The van der Waals surface area contributed by atoms with Gasteiger partial charge >= 0.3 is 0 Å². The van der Waals surface area contributed by atoms with E-state index in [0.717, 1.165) is 5.56 Å². The lowest BCUT2D eigenvalue weighted by molar-refractivity contribution is -0.132. The number of fused-ring (bicyclic) bond motifs is 2. The maximum atomic E-state index is 12.8. The van der Waals surface area contributed by atoms with Crippen molar-refractivity contribution in [2.75, 3.05) is 28.1 Å². The normalized spacial score (nSPS) is 30.1. The Labute approximate surface area is 170 Å². The SMILES string of the molecule is C=CC[C@]12C[C@@H](OC)C(=O)C(OC)=C1O[C@@H](c1cc(OC)c3c(c1)OCO3)[C@@H]2C. The molecule has 0 amide bonds. The van der Waals surface area contributed by atoms with Crippen molar-refractivity contribution in [3.05, 3.63) is 41.9 Å². The third kappa shape index (κ3) is 2.79. The number of ether oxygens (including phenoxy) is 6. The van der Waals surface area contributed by atoms with Crippen molar-refractivity contribution in [2.24, 2.45) is 11.3 Å². The molecular formula is C22H26O7. The molecule has 1 aromatic carbocycles. The minimum Gasteiger partial charge on any atom is -0.493 e. The molecule has 7 heteroatoms. The van der Waals surface area contributed by atoms with E-state index >= 15 is 0 Å². The van der Waals surface area contributed by atoms with Gasteiger partial charge in [-0.05, 0) is 25.0 Å². The van der Waals surface area contributed by atoms with E-state index in [1.165, 1.54) is 7.11 Å². The lowest BCUT2D eigenvalue weighted by Gasteiger charge is -2.38. The molecule has 0 aromatic heterocycles. The van der Waals surface area contributed by atoms with Gasteiger partial charge < -0.3 is 28.4 Å². The van der Waals surface area contributed by atoms with Gasteiger partial charge in [0.15, 0.2) is 11.5 Å². The molecule has 2 heterocycles. The number of hydrogen-bond acceptors (Lipinski definition) is 7. The fourth-order valence-corrected chi connectivity index (χ4v) is 4.76. The number of hydrogen-bond donors (Lipinski definition) is 0. The van der Waals surface area contributed by atoms with Crippen LogP contribution in [-0.2, 0) is 19.0 Å². The number of allylic oxidation sites excluding steroid dienone is 2. The predicted octanol–water partition coefficient (Wildman–Crippen LogP) is 3.54. The molecule has 1 fully saturated rings. The second-order valence-corrected chi connectivity index (χ2v) is 7.59. The number of rotatable bonds is 6. The highest BCUT2D eigenvalue weighted by molar-refractivity contribution is 5.99. The summed E-state index contributed by atoms with van der Waals surface area (Å²) in [7, 11) is 4.62. The highest BCUT2D eigenvalue weighted by Crippen LogP contribution is 2.61. The van der Waals surface area contributed by atoms with Gasteiger partial charge in [0.25, 0.3) is 0 Å². The first kappa shape index (κ1) is 19.6. The highest BCUT2D eigenvalue weighted by atomic mass is 16.7. The number of carbonyl (C=O) groups excluding carboxylic acids is 1. The van der Waals surface area contributed by atoms with Crippen LogP contribution in [0.2, 0.25) is 0 Å². The highest BCUT2D eigenvalue weighted by Gasteiger charge is 2.58. The molecule has 29 heavy (non-hydrogen) atoms. The second kappa shape index (κ2) is 7.30. The molecule has 2 aliphatic heterocycles. The third-order valence-electron chi connectivity index (χ3n) is 6.30. The first-order valence-electron chi connectivity index (χ1n) is 9.61. The average Bonchev–Trinajstić information content (AvgIpc) is 3.31. The zero-order valence-electron chi connectivity index (χ0n) is 17.2. The summed E-state index contributed by atoms with van der Waals surface area (Å²) in [4.78, 5) is 12.8. The van der Waals surface area contributed by atoms with E-state index in [1.54, 1.807) is 14.2 Å². The van der Waals surface area contributed by atoms with Gasteiger partial charge in [-0.2, -0.15) is 0 Å². The van der Waals surface area contributed by atoms with E-state index in [9.17, 15) is 4.79 Å². The van der Waals surface area contributed by atoms with Gasteiger partial charge in [0.1, 0.15) is 18.0 Å². The lowest BCUT2D eigenvalue weighted by Crippen LogP contribution is -2.42. The number of benzene rings is 1. The monoisotopic (exact) mass is 402 g/mol. The molecular weight excluding hydrogens is 376 g/mol. The van der Waals surface area contributed by atoms with Crippen molar-refractivity contribution in [1.29, 1.82) is 0 Å². The Balaban J connectivity index is 1.83. The fraction of sp³-hybridized carbons (Fsp3) is 0.500. The van der Waals surface area contributed by atoms with Crippen molar-refractivity contribution in [1.82, 2.24) is 0 Å². The quantitative estimate of drug-likeness (QED) is 0.674. The zero-order valence-corrected chi connectivity index (χ0v) is 17.2. The van der Waals surface area contributed by atoms with Gasteiger partial charge in [0, 0.05) is 24.0 Å². The van der Waals surface area contributed by atoms with Gasteiger partial charge in [-0.15, -0.1) is 6.58 Å². The summed E-state index contributed by atoms with van der Waals surface area (Å²) in [5.41, 5.74) is 0.441. The van der Waals surface area contributed by atoms with E-state index in [2.05, 4.69) is 13.5 Å². The maximum absolute atomic E-state index is 12.8. The van der Waals surface area contributed by atoms with Crippen LogP contribution in [0.5, 0.6) is 17.2 Å². The van der Waals surface area contributed by atoms with Crippen LogP contribution in [0.1, 0.15) is 31.4 Å². The maximum Gasteiger partial charge on any atom is 0.231 e. The minimum atomic E-state index is -0.579. The summed E-state index contributed by atoms with van der Waals surface area (Å²) in [5, 5.41) is 0. The Morgan fingerprint density at radius 2 is 2.03 bits per heavy atom. The summed E-state index contributed by atoms with van der Waals surface area (Å²) in [6.45, 7) is 6.21. The molecule has 1 aromatic rings.